The molecule has 1 aromatic heterocycles. The first-order chi connectivity index (χ1) is 6.93. The van der Waals surface area contributed by atoms with Crippen LogP contribution in [0.25, 0.3) is 0 Å². The van der Waals surface area contributed by atoms with Crippen molar-refractivity contribution in [1.29, 1.82) is 0 Å². The van der Waals surface area contributed by atoms with Crippen LogP contribution >= 0.6 is 0 Å². The monoisotopic (exact) mass is 220 g/mol. The summed E-state index contributed by atoms with van der Waals surface area (Å²) in [6, 6.07) is 0.726. The van der Waals surface area contributed by atoms with Crippen molar-refractivity contribution in [3.05, 3.63) is 30.2 Å². The maximum atomic E-state index is 12.0. The van der Waals surface area contributed by atoms with Gasteiger partial charge in [-0.1, -0.05) is 11.7 Å². The second-order valence-corrected chi connectivity index (χ2v) is 2.60. The number of hydrogen-bond donors (Lipinski definition) is 1. The predicted octanol–water partition coefficient (Wildman–Crippen LogP) is 1.50. The number of alkyl halides is 3. The molecule has 0 unspecified atom stereocenters. The Balaban J connectivity index is 2.61. The zero-order chi connectivity index (χ0) is 11.5. The normalized spacial score (nSPS) is 11.1. The molecule has 0 saturated carbocycles. The van der Waals surface area contributed by atoms with Gasteiger partial charge in [0.1, 0.15) is 5.69 Å². The standard InChI is InChI=1S/C8H7F3N2O2/c1-2-7(14)12-4-5-3-6(15-13-5)8(9,10)11/h2-3H,1,4H2,(H,12,14). The number of aromatic nitrogens is 1. The Labute approximate surface area is 82.7 Å². The van der Waals surface area contributed by atoms with Gasteiger partial charge in [-0.3, -0.25) is 4.79 Å². The van der Waals surface area contributed by atoms with Gasteiger partial charge in [-0.2, -0.15) is 13.2 Å². The van der Waals surface area contributed by atoms with Gasteiger partial charge in [-0.05, 0) is 6.08 Å². The SMILES string of the molecule is C=CC(=O)NCc1cc(C(F)(F)F)on1. The first-order valence-corrected chi connectivity index (χ1v) is 3.86. The van der Waals surface area contributed by atoms with E-state index < -0.39 is 17.8 Å². The number of carbonyl (C=O) groups is 1. The molecule has 0 aromatic carbocycles. The van der Waals surface area contributed by atoms with E-state index in [1.165, 1.54) is 0 Å². The molecule has 1 amide bonds. The zero-order valence-electron chi connectivity index (χ0n) is 7.47. The van der Waals surface area contributed by atoms with Crippen LogP contribution in [0.2, 0.25) is 0 Å². The first kappa shape index (κ1) is 11.3. The van der Waals surface area contributed by atoms with Crippen molar-refractivity contribution in [2.45, 2.75) is 12.7 Å². The molecule has 1 N–H and O–H groups in total. The molecule has 0 atom stereocenters. The lowest BCUT2D eigenvalue weighted by Crippen LogP contribution is -2.20. The van der Waals surface area contributed by atoms with Crippen LogP contribution in [0.1, 0.15) is 11.5 Å². The molecule has 15 heavy (non-hydrogen) atoms. The van der Waals surface area contributed by atoms with Crippen molar-refractivity contribution >= 4 is 5.91 Å². The molecule has 0 spiro atoms. The topological polar surface area (TPSA) is 55.1 Å². The first-order valence-electron chi connectivity index (χ1n) is 3.86. The summed E-state index contributed by atoms with van der Waals surface area (Å²) in [5, 5.41) is 5.41. The Hall–Kier alpha value is -1.79. The van der Waals surface area contributed by atoms with Crippen molar-refractivity contribution in [2.24, 2.45) is 0 Å². The van der Waals surface area contributed by atoms with E-state index >= 15 is 0 Å². The van der Waals surface area contributed by atoms with E-state index in [9.17, 15) is 18.0 Å². The van der Waals surface area contributed by atoms with Crippen LogP contribution in [0.4, 0.5) is 13.2 Å². The van der Waals surface area contributed by atoms with Crippen LogP contribution in [0, 0.1) is 0 Å². The summed E-state index contributed by atoms with van der Waals surface area (Å²) >= 11 is 0. The summed E-state index contributed by atoms with van der Waals surface area (Å²) in [4.78, 5) is 10.7. The highest BCUT2D eigenvalue weighted by Crippen LogP contribution is 2.29. The van der Waals surface area contributed by atoms with E-state index in [2.05, 4.69) is 21.6 Å². The number of rotatable bonds is 3. The molecule has 0 radical (unpaired) electrons. The number of carbonyl (C=O) groups excluding carboxylic acids is 1. The van der Waals surface area contributed by atoms with E-state index in [-0.39, 0.29) is 12.2 Å². The molecule has 0 saturated heterocycles. The minimum atomic E-state index is -4.56. The average Bonchev–Trinajstić information content (AvgIpc) is 2.61. The Morgan fingerprint density at radius 1 is 1.67 bits per heavy atom. The van der Waals surface area contributed by atoms with E-state index in [1.807, 2.05) is 0 Å². The lowest BCUT2D eigenvalue weighted by molar-refractivity contribution is -0.155. The number of halogens is 3. The molecule has 0 aliphatic rings. The molecule has 4 nitrogen and oxygen atoms in total. The van der Waals surface area contributed by atoms with Crippen LogP contribution in [-0.4, -0.2) is 11.1 Å². The Morgan fingerprint density at radius 3 is 2.80 bits per heavy atom. The van der Waals surface area contributed by atoms with Gasteiger partial charge in [0.05, 0.1) is 6.54 Å². The number of nitrogens with zero attached hydrogens (tertiary/aromatic N) is 1. The van der Waals surface area contributed by atoms with Crippen LogP contribution in [0.3, 0.4) is 0 Å². The molecule has 1 rings (SSSR count). The minimum Gasteiger partial charge on any atom is -0.351 e. The third kappa shape index (κ3) is 3.12. The number of amides is 1. The molecule has 0 bridgehead atoms. The molecule has 7 heteroatoms. The molecule has 0 fully saturated rings. The molecule has 1 aromatic rings. The quantitative estimate of drug-likeness (QED) is 0.785. The molecule has 82 valence electrons. The fourth-order valence-corrected chi connectivity index (χ4v) is 0.779. The maximum Gasteiger partial charge on any atom is 0.452 e. The average molecular weight is 220 g/mol. The predicted molar refractivity (Wildman–Crippen MR) is 43.5 cm³/mol. The lowest BCUT2D eigenvalue weighted by atomic mass is 10.3. The Morgan fingerprint density at radius 2 is 2.33 bits per heavy atom. The van der Waals surface area contributed by atoms with Gasteiger partial charge >= 0.3 is 6.18 Å². The highest BCUT2D eigenvalue weighted by Gasteiger charge is 2.35. The fourth-order valence-electron chi connectivity index (χ4n) is 0.779. The smallest absolute Gasteiger partial charge is 0.351 e. The molecular weight excluding hydrogens is 213 g/mol. The van der Waals surface area contributed by atoms with Gasteiger partial charge in [0.2, 0.25) is 11.7 Å². The summed E-state index contributed by atoms with van der Waals surface area (Å²) < 4.78 is 40.1. The highest BCUT2D eigenvalue weighted by molar-refractivity contribution is 5.86. The van der Waals surface area contributed by atoms with E-state index in [0.29, 0.717) is 0 Å². The third-order valence-electron chi connectivity index (χ3n) is 1.47. The van der Waals surface area contributed by atoms with Gasteiger partial charge in [0.25, 0.3) is 0 Å². The number of hydrogen-bond acceptors (Lipinski definition) is 3. The van der Waals surface area contributed by atoms with Crippen molar-refractivity contribution in [3.63, 3.8) is 0 Å². The van der Waals surface area contributed by atoms with Gasteiger partial charge in [0, 0.05) is 6.07 Å². The molecular formula is C8H7F3N2O2. The van der Waals surface area contributed by atoms with Crippen molar-refractivity contribution in [2.75, 3.05) is 0 Å². The van der Waals surface area contributed by atoms with Crippen LogP contribution < -0.4 is 5.32 Å². The highest BCUT2D eigenvalue weighted by atomic mass is 19.4. The summed E-state index contributed by atoms with van der Waals surface area (Å²) in [7, 11) is 0. The van der Waals surface area contributed by atoms with Crippen molar-refractivity contribution in [3.8, 4) is 0 Å². The summed E-state index contributed by atoms with van der Waals surface area (Å²) in [6.07, 6.45) is -3.56. The largest absolute Gasteiger partial charge is 0.452 e. The van der Waals surface area contributed by atoms with Crippen molar-refractivity contribution in [1.82, 2.24) is 10.5 Å². The molecule has 0 aliphatic carbocycles. The Bertz CT molecular complexity index is 370. The van der Waals surface area contributed by atoms with Gasteiger partial charge < -0.3 is 9.84 Å². The summed E-state index contributed by atoms with van der Waals surface area (Å²) in [6.45, 7) is 3.05. The zero-order valence-corrected chi connectivity index (χ0v) is 7.47. The van der Waals surface area contributed by atoms with Crippen LogP contribution in [0.5, 0.6) is 0 Å². The minimum absolute atomic E-state index is 0.00229. The van der Waals surface area contributed by atoms with E-state index in [4.69, 9.17) is 0 Å². The molecule has 1 heterocycles. The van der Waals surface area contributed by atoms with Crippen LogP contribution in [-0.2, 0) is 17.5 Å². The number of nitrogens with one attached hydrogen (secondary N) is 1. The maximum absolute atomic E-state index is 12.0. The van der Waals surface area contributed by atoms with Gasteiger partial charge in [0.15, 0.2) is 0 Å². The summed E-state index contributed by atoms with van der Waals surface area (Å²) in [5.41, 5.74) is -0.00229. The molecule has 0 aliphatic heterocycles. The van der Waals surface area contributed by atoms with E-state index in [0.717, 1.165) is 12.1 Å². The summed E-state index contributed by atoms with van der Waals surface area (Å²) in [5.74, 6) is -1.68. The van der Waals surface area contributed by atoms with Crippen LogP contribution in [0.15, 0.2) is 23.2 Å². The third-order valence-corrected chi connectivity index (χ3v) is 1.47. The van der Waals surface area contributed by atoms with Gasteiger partial charge in [-0.25, -0.2) is 0 Å². The fraction of sp³-hybridized carbons (Fsp3) is 0.250. The van der Waals surface area contributed by atoms with E-state index in [1.54, 1.807) is 0 Å². The second kappa shape index (κ2) is 4.16. The van der Waals surface area contributed by atoms with Gasteiger partial charge in [-0.15, -0.1) is 0 Å². The van der Waals surface area contributed by atoms with Crippen molar-refractivity contribution < 1.29 is 22.5 Å². The Kier molecular flexibility index (Phi) is 3.13. The second-order valence-electron chi connectivity index (χ2n) is 2.60. The lowest BCUT2D eigenvalue weighted by Gasteiger charge is -1.97.